The highest BCUT2D eigenvalue weighted by atomic mass is 16.3. The molecule has 1 fully saturated rings. The van der Waals surface area contributed by atoms with Crippen molar-refractivity contribution in [3.05, 3.63) is 48.3 Å². The number of nitrogens with one attached hydrogen (secondary N) is 1. The lowest BCUT2D eigenvalue weighted by Gasteiger charge is -2.32. The fourth-order valence-corrected chi connectivity index (χ4v) is 4.92. The third-order valence-electron chi connectivity index (χ3n) is 6.69. The first kappa shape index (κ1) is 25.8. The molecule has 184 valence electrons. The highest BCUT2D eigenvalue weighted by molar-refractivity contribution is 5.94. The number of aliphatic hydroxyl groups excluding tert-OH is 1. The Morgan fingerprint density at radius 3 is 2.50 bits per heavy atom. The van der Waals surface area contributed by atoms with E-state index in [1.807, 2.05) is 31.2 Å². The van der Waals surface area contributed by atoms with Gasteiger partial charge in [-0.05, 0) is 44.2 Å². The van der Waals surface area contributed by atoms with E-state index in [-0.39, 0.29) is 29.8 Å². The van der Waals surface area contributed by atoms with Crippen LogP contribution in [0.3, 0.4) is 0 Å². The van der Waals surface area contributed by atoms with Crippen LogP contribution in [0.5, 0.6) is 0 Å². The van der Waals surface area contributed by atoms with Gasteiger partial charge in [-0.25, -0.2) is 4.98 Å². The van der Waals surface area contributed by atoms with Gasteiger partial charge >= 0.3 is 0 Å². The van der Waals surface area contributed by atoms with Crippen molar-refractivity contribution in [3.8, 4) is 0 Å². The largest absolute Gasteiger partial charge is 0.391 e. The Balaban J connectivity index is 1.78. The van der Waals surface area contributed by atoms with Gasteiger partial charge in [-0.15, -0.1) is 6.58 Å². The summed E-state index contributed by atoms with van der Waals surface area (Å²) in [4.78, 5) is 36.3. The quantitative estimate of drug-likeness (QED) is 0.514. The molecule has 2 amide bonds. The number of para-hydroxylation sites is 2. The van der Waals surface area contributed by atoms with Crippen molar-refractivity contribution in [1.82, 2.24) is 20.2 Å². The predicted molar refractivity (Wildman–Crippen MR) is 134 cm³/mol. The molecule has 0 unspecified atom stereocenters. The zero-order chi connectivity index (χ0) is 24.7. The monoisotopic (exact) mass is 466 g/mol. The minimum atomic E-state index is -0.854. The number of carbonyl (C=O) groups excluding carboxylic acids is 2. The van der Waals surface area contributed by atoms with Crippen molar-refractivity contribution in [1.29, 1.82) is 0 Å². The smallest absolute Gasteiger partial charge is 0.271 e. The Morgan fingerprint density at radius 1 is 1.18 bits per heavy atom. The number of allylic oxidation sites excluding steroid dienone is 1. The number of aliphatic hydroxyl groups is 1. The van der Waals surface area contributed by atoms with Crippen LogP contribution in [0.1, 0.15) is 68.8 Å². The van der Waals surface area contributed by atoms with E-state index in [1.165, 1.54) is 25.5 Å². The number of amides is 2. The number of benzene rings is 1. The molecule has 1 aromatic heterocycles. The molecule has 2 N–H and O–H groups in total. The van der Waals surface area contributed by atoms with E-state index in [2.05, 4.69) is 21.9 Å². The van der Waals surface area contributed by atoms with Crippen molar-refractivity contribution in [2.45, 2.75) is 70.4 Å². The number of rotatable bonds is 10. The van der Waals surface area contributed by atoms with Crippen molar-refractivity contribution < 1.29 is 14.7 Å². The molecule has 0 saturated heterocycles. The van der Waals surface area contributed by atoms with Gasteiger partial charge in [0.05, 0.1) is 29.4 Å². The van der Waals surface area contributed by atoms with Crippen LogP contribution < -0.4 is 5.32 Å². The van der Waals surface area contributed by atoms with Gasteiger partial charge in [-0.2, -0.15) is 0 Å². The number of hydrogen-bond acceptors (Lipinski definition) is 5. The van der Waals surface area contributed by atoms with Gasteiger partial charge in [0.15, 0.2) is 0 Å². The fraction of sp³-hybridized carbons (Fsp3) is 0.556. The van der Waals surface area contributed by atoms with E-state index >= 15 is 0 Å². The van der Waals surface area contributed by atoms with Gasteiger partial charge in [0.25, 0.3) is 5.91 Å². The molecule has 3 atom stereocenters. The van der Waals surface area contributed by atoms with Crippen molar-refractivity contribution >= 4 is 22.8 Å². The first-order chi connectivity index (χ1) is 16.2. The normalized spacial score (nSPS) is 17.1. The minimum Gasteiger partial charge on any atom is -0.391 e. The third kappa shape index (κ3) is 7.10. The van der Waals surface area contributed by atoms with Gasteiger partial charge < -0.3 is 15.3 Å². The van der Waals surface area contributed by atoms with E-state index in [9.17, 15) is 14.7 Å². The average molecular weight is 467 g/mol. The lowest BCUT2D eigenvalue weighted by atomic mass is 9.82. The van der Waals surface area contributed by atoms with E-state index < -0.39 is 12.1 Å². The van der Waals surface area contributed by atoms with Crippen LogP contribution in [-0.4, -0.2) is 58.0 Å². The van der Waals surface area contributed by atoms with Crippen LogP contribution in [0.15, 0.2) is 42.6 Å². The molecular weight excluding hydrogens is 428 g/mol. The van der Waals surface area contributed by atoms with Crippen LogP contribution in [0.25, 0.3) is 11.0 Å². The molecule has 1 heterocycles. The molecule has 1 aliphatic rings. The van der Waals surface area contributed by atoms with E-state index in [0.29, 0.717) is 24.3 Å². The molecular formula is C27H38N4O3. The number of hydrogen-bond donors (Lipinski definition) is 2. The SMILES string of the molecule is C=C(C)C[C@H](C[C@H](O)[C@H](CC1CCCCC1)NC(=O)c1cnc2ccccc2n1)C(=O)N(C)C. The second kappa shape index (κ2) is 12.1. The molecule has 7 heteroatoms. The van der Waals surface area contributed by atoms with Crippen molar-refractivity contribution in [2.24, 2.45) is 11.8 Å². The molecule has 2 aromatic rings. The zero-order valence-corrected chi connectivity index (χ0v) is 20.7. The lowest BCUT2D eigenvalue weighted by Crippen LogP contribution is -2.46. The van der Waals surface area contributed by atoms with E-state index in [0.717, 1.165) is 23.9 Å². The molecule has 7 nitrogen and oxygen atoms in total. The van der Waals surface area contributed by atoms with Crippen LogP contribution in [0.2, 0.25) is 0 Å². The summed E-state index contributed by atoms with van der Waals surface area (Å²) in [5, 5.41) is 14.3. The van der Waals surface area contributed by atoms with Gasteiger partial charge in [0.1, 0.15) is 5.69 Å². The van der Waals surface area contributed by atoms with Crippen LogP contribution in [-0.2, 0) is 4.79 Å². The standard InChI is InChI=1S/C27H38N4O3/c1-18(2)14-20(27(34)31(3)4)16-25(32)23(15-19-10-6-5-7-11-19)30-26(33)24-17-28-21-12-8-9-13-22(21)29-24/h8-9,12-13,17,19-20,23,25,32H,1,5-7,10-11,14-16H2,2-4H3,(H,30,33)/t20-,23+,25+/m1/s1. The van der Waals surface area contributed by atoms with E-state index in [1.54, 1.807) is 19.0 Å². The summed E-state index contributed by atoms with van der Waals surface area (Å²) in [5.41, 5.74) is 2.49. The molecule has 0 radical (unpaired) electrons. The van der Waals surface area contributed by atoms with Crippen LogP contribution in [0, 0.1) is 11.8 Å². The maximum atomic E-state index is 13.1. The summed E-state index contributed by atoms with van der Waals surface area (Å²) >= 11 is 0. The average Bonchev–Trinajstić information content (AvgIpc) is 2.82. The number of fused-ring (bicyclic) bond motifs is 1. The summed E-state index contributed by atoms with van der Waals surface area (Å²) in [7, 11) is 3.44. The molecule has 0 spiro atoms. The maximum Gasteiger partial charge on any atom is 0.271 e. The Morgan fingerprint density at radius 2 is 1.85 bits per heavy atom. The fourth-order valence-electron chi connectivity index (χ4n) is 4.92. The second-order valence-electron chi connectivity index (χ2n) is 9.96. The first-order valence-electron chi connectivity index (χ1n) is 12.3. The van der Waals surface area contributed by atoms with Gasteiger partial charge in [0, 0.05) is 20.0 Å². The highest BCUT2D eigenvalue weighted by Crippen LogP contribution is 2.30. The molecule has 0 aliphatic heterocycles. The summed E-state index contributed by atoms with van der Waals surface area (Å²) in [6.45, 7) is 5.85. The first-order valence-corrected chi connectivity index (χ1v) is 12.3. The Labute approximate surface area is 202 Å². The topological polar surface area (TPSA) is 95.4 Å². The van der Waals surface area contributed by atoms with Gasteiger partial charge in [-0.3, -0.25) is 14.6 Å². The lowest BCUT2D eigenvalue weighted by molar-refractivity contribution is -0.134. The molecule has 34 heavy (non-hydrogen) atoms. The minimum absolute atomic E-state index is 0.0369. The Bertz CT molecular complexity index is 1000. The molecule has 3 rings (SSSR count). The molecule has 1 saturated carbocycles. The molecule has 1 aromatic carbocycles. The third-order valence-corrected chi connectivity index (χ3v) is 6.69. The van der Waals surface area contributed by atoms with Crippen LogP contribution in [0.4, 0.5) is 0 Å². The number of carbonyl (C=O) groups is 2. The predicted octanol–water partition coefficient (Wildman–Crippen LogP) is 4.12. The van der Waals surface area contributed by atoms with Crippen molar-refractivity contribution in [3.63, 3.8) is 0 Å². The Hall–Kier alpha value is -2.80. The van der Waals surface area contributed by atoms with Crippen molar-refractivity contribution in [2.75, 3.05) is 14.1 Å². The van der Waals surface area contributed by atoms with E-state index in [4.69, 9.17) is 0 Å². The maximum absolute atomic E-state index is 13.1. The van der Waals surface area contributed by atoms with Gasteiger partial charge in [0.2, 0.25) is 5.91 Å². The molecule has 0 bridgehead atoms. The second-order valence-corrected chi connectivity index (χ2v) is 9.96. The summed E-state index contributed by atoms with van der Waals surface area (Å²) < 4.78 is 0. The summed E-state index contributed by atoms with van der Waals surface area (Å²) in [6, 6.07) is 6.94. The number of aromatic nitrogens is 2. The van der Waals surface area contributed by atoms with Crippen LogP contribution >= 0.6 is 0 Å². The van der Waals surface area contributed by atoms with Gasteiger partial charge in [-0.1, -0.05) is 49.8 Å². The summed E-state index contributed by atoms with van der Waals surface area (Å²) in [6.07, 6.45) is 7.86. The summed E-state index contributed by atoms with van der Waals surface area (Å²) in [5.74, 6) is -0.326. The zero-order valence-electron chi connectivity index (χ0n) is 20.7. The number of nitrogens with zero attached hydrogens (tertiary/aromatic N) is 3. The highest BCUT2D eigenvalue weighted by Gasteiger charge is 2.31. The Kier molecular flexibility index (Phi) is 9.16. The molecule has 1 aliphatic carbocycles.